The Labute approximate surface area is 121 Å². The van der Waals surface area contributed by atoms with Crippen molar-refractivity contribution in [3.63, 3.8) is 0 Å². The highest BCUT2D eigenvalue weighted by Gasteiger charge is 2.20. The molecule has 0 aliphatic rings. The quantitative estimate of drug-likeness (QED) is 0.642. The first kappa shape index (κ1) is 15.5. The third-order valence-corrected chi connectivity index (χ3v) is 4.38. The zero-order valence-electron chi connectivity index (χ0n) is 10.8. The summed E-state index contributed by atoms with van der Waals surface area (Å²) in [4.78, 5) is 12.8. The first-order valence-electron chi connectivity index (χ1n) is 5.75. The van der Waals surface area contributed by atoms with Crippen molar-refractivity contribution in [2.75, 3.05) is 12.9 Å². The van der Waals surface area contributed by atoms with Gasteiger partial charge in [0, 0.05) is 21.2 Å². The van der Waals surface area contributed by atoms with Crippen LogP contribution >= 0.6 is 27.7 Å². The summed E-state index contributed by atoms with van der Waals surface area (Å²) in [7, 11) is 1.42. The van der Waals surface area contributed by atoms with Crippen LogP contribution in [0, 0.1) is 0 Å². The smallest absolute Gasteiger partial charge is 0.323 e. The van der Waals surface area contributed by atoms with Crippen LogP contribution in [-0.2, 0) is 9.53 Å². The average Bonchev–Trinajstić information content (AvgIpc) is 2.34. The monoisotopic (exact) mass is 331 g/mol. The molecule has 1 aromatic carbocycles. The average molecular weight is 332 g/mol. The van der Waals surface area contributed by atoms with Gasteiger partial charge in [0.1, 0.15) is 6.04 Å². The highest BCUT2D eigenvalue weighted by molar-refractivity contribution is 9.10. The summed E-state index contributed by atoms with van der Waals surface area (Å²) in [5.74, 6) is 0.427. The van der Waals surface area contributed by atoms with Gasteiger partial charge in [0.2, 0.25) is 0 Å². The maximum atomic E-state index is 11.6. The molecule has 5 heteroatoms. The molecule has 0 radical (unpaired) electrons. The highest BCUT2D eigenvalue weighted by atomic mass is 79.9. The van der Waals surface area contributed by atoms with Gasteiger partial charge in [-0.3, -0.25) is 4.79 Å². The number of benzene rings is 1. The number of hydrogen-bond acceptors (Lipinski definition) is 4. The first-order valence-corrected chi connectivity index (χ1v) is 7.53. The maximum absolute atomic E-state index is 11.6. The minimum absolute atomic E-state index is 0.219. The van der Waals surface area contributed by atoms with Gasteiger partial charge in [0.25, 0.3) is 0 Å². The normalized spacial score (nSPS) is 12.5. The summed E-state index contributed by atoms with van der Waals surface area (Å²) in [6.07, 6.45) is 0. The van der Waals surface area contributed by atoms with Crippen molar-refractivity contribution < 1.29 is 9.53 Å². The number of thioether (sulfide) groups is 1. The number of ether oxygens (including phenoxy) is 1. The predicted molar refractivity (Wildman–Crippen MR) is 78.9 cm³/mol. The predicted octanol–water partition coefficient (Wildman–Crippen LogP) is 3.08. The van der Waals surface area contributed by atoms with E-state index in [2.05, 4.69) is 21.2 Å². The Bertz CT molecular complexity index is 398. The van der Waals surface area contributed by atoms with Crippen LogP contribution in [0.15, 0.2) is 33.6 Å². The fraction of sp³-hybridized carbons (Fsp3) is 0.462. The van der Waals surface area contributed by atoms with Crippen molar-refractivity contribution in [2.45, 2.75) is 30.8 Å². The number of halogens is 1. The van der Waals surface area contributed by atoms with Crippen molar-refractivity contribution >= 4 is 33.7 Å². The molecule has 1 rings (SSSR count). The van der Waals surface area contributed by atoms with Gasteiger partial charge in [-0.25, -0.2) is 0 Å². The number of rotatable bonds is 6. The zero-order valence-corrected chi connectivity index (χ0v) is 13.2. The Morgan fingerprint density at radius 3 is 2.67 bits per heavy atom. The summed E-state index contributed by atoms with van der Waals surface area (Å²) < 4.78 is 5.85. The van der Waals surface area contributed by atoms with E-state index in [4.69, 9.17) is 4.74 Å². The molecule has 0 fully saturated rings. The maximum Gasteiger partial charge on any atom is 0.323 e. The van der Waals surface area contributed by atoms with Crippen LogP contribution in [0.1, 0.15) is 13.8 Å². The molecular weight excluding hydrogens is 314 g/mol. The van der Waals surface area contributed by atoms with Crippen LogP contribution < -0.4 is 5.32 Å². The molecule has 0 aliphatic heterocycles. The first-order chi connectivity index (χ1) is 8.54. The number of esters is 1. The van der Waals surface area contributed by atoms with E-state index in [-0.39, 0.29) is 18.1 Å². The Morgan fingerprint density at radius 2 is 2.11 bits per heavy atom. The fourth-order valence-electron chi connectivity index (χ4n) is 1.46. The van der Waals surface area contributed by atoms with E-state index < -0.39 is 0 Å². The van der Waals surface area contributed by atoms with Gasteiger partial charge < -0.3 is 10.1 Å². The van der Waals surface area contributed by atoms with Gasteiger partial charge in [-0.1, -0.05) is 26.0 Å². The lowest BCUT2D eigenvalue weighted by molar-refractivity contribution is -0.142. The van der Waals surface area contributed by atoms with Crippen LogP contribution in [0.3, 0.4) is 0 Å². The molecule has 0 aliphatic carbocycles. The Morgan fingerprint density at radius 1 is 1.44 bits per heavy atom. The Balaban J connectivity index is 2.62. The minimum atomic E-state index is -0.285. The van der Waals surface area contributed by atoms with E-state index in [1.807, 2.05) is 38.1 Å². The van der Waals surface area contributed by atoms with E-state index >= 15 is 0 Å². The van der Waals surface area contributed by atoms with Crippen molar-refractivity contribution in [3.05, 3.63) is 28.7 Å². The number of hydrogen-bond donors (Lipinski definition) is 1. The van der Waals surface area contributed by atoms with Gasteiger partial charge >= 0.3 is 5.97 Å². The van der Waals surface area contributed by atoms with Gasteiger partial charge in [0.15, 0.2) is 0 Å². The molecule has 1 unspecified atom stereocenters. The number of nitrogens with one attached hydrogen (secondary N) is 1. The third kappa shape index (κ3) is 5.00. The van der Waals surface area contributed by atoms with Crippen molar-refractivity contribution in [3.8, 4) is 0 Å². The summed E-state index contributed by atoms with van der Waals surface area (Å²) in [5, 5.41) is 3.21. The molecule has 1 aromatic rings. The molecule has 100 valence electrons. The van der Waals surface area contributed by atoms with E-state index in [9.17, 15) is 4.79 Å². The Kier molecular flexibility index (Phi) is 6.75. The van der Waals surface area contributed by atoms with Crippen LogP contribution in [0.5, 0.6) is 0 Å². The van der Waals surface area contributed by atoms with Gasteiger partial charge in [-0.2, -0.15) is 0 Å². The molecule has 0 saturated carbocycles. The molecule has 0 heterocycles. The molecule has 0 spiro atoms. The second-order valence-corrected chi connectivity index (χ2v) is 6.05. The lowest BCUT2D eigenvalue weighted by atomic mass is 10.3. The van der Waals surface area contributed by atoms with Crippen molar-refractivity contribution in [1.82, 2.24) is 5.32 Å². The van der Waals surface area contributed by atoms with E-state index in [1.54, 1.807) is 11.8 Å². The second-order valence-electron chi connectivity index (χ2n) is 4.14. The third-order valence-electron chi connectivity index (χ3n) is 2.26. The fourth-order valence-corrected chi connectivity index (χ4v) is 3.05. The summed E-state index contributed by atoms with van der Waals surface area (Å²) >= 11 is 5.12. The van der Waals surface area contributed by atoms with E-state index in [0.717, 1.165) is 9.37 Å². The lowest BCUT2D eigenvalue weighted by Crippen LogP contribution is -2.43. The Hall–Kier alpha value is -0.520. The molecule has 18 heavy (non-hydrogen) atoms. The summed E-state index contributed by atoms with van der Waals surface area (Å²) in [5.41, 5.74) is 0. The van der Waals surface area contributed by atoms with E-state index in [1.165, 1.54) is 7.11 Å². The largest absolute Gasteiger partial charge is 0.468 e. The van der Waals surface area contributed by atoms with Gasteiger partial charge in [-0.15, -0.1) is 11.8 Å². The SMILES string of the molecule is COC(=O)C(CSc1ccccc1Br)NC(C)C. The van der Waals surface area contributed by atoms with Gasteiger partial charge in [-0.05, 0) is 28.1 Å². The highest BCUT2D eigenvalue weighted by Crippen LogP contribution is 2.27. The number of methoxy groups -OCH3 is 1. The molecular formula is C13H18BrNO2S. The molecule has 0 saturated heterocycles. The molecule has 1 atom stereocenters. The number of carbonyl (C=O) groups excluding carboxylic acids is 1. The lowest BCUT2D eigenvalue weighted by Gasteiger charge is -2.18. The van der Waals surface area contributed by atoms with Crippen LogP contribution in [0.25, 0.3) is 0 Å². The van der Waals surface area contributed by atoms with Crippen LogP contribution in [0.2, 0.25) is 0 Å². The second kappa shape index (κ2) is 7.81. The standard InChI is InChI=1S/C13H18BrNO2S/c1-9(2)15-11(13(16)17-3)8-18-12-7-5-4-6-10(12)14/h4-7,9,11,15H,8H2,1-3H3. The van der Waals surface area contributed by atoms with Crippen LogP contribution in [0.4, 0.5) is 0 Å². The molecule has 0 amide bonds. The van der Waals surface area contributed by atoms with Crippen LogP contribution in [-0.4, -0.2) is 30.9 Å². The molecule has 0 bridgehead atoms. The minimum Gasteiger partial charge on any atom is -0.468 e. The molecule has 0 aromatic heterocycles. The topological polar surface area (TPSA) is 38.3 Å². The zero-order chi connectivity index (χ0) is 13.5. The van der Waals surface area contributed by atoms with E-state index in [0.29, 0.717) is 5.75 Å². The molecule has 3 nitrogen and oxygen atoms in total. The van der Waals surface area contributed by atoms with Crippen molar-refractivity contribution in [1.29, 1.82) is 0 Å². The van der Waals surface area contributed by atoms with Crippen molar-refractivity contribution in [2.24, 2.45) is 0 Å². The number of carbonyl (C=O) groups is 1. The summed E-state index contributed by atoms with van der Waals surface area (Å²) in [6, 6.07) is 7.93. The van der Waals surface area contributed by atoms with Gasteiger partial charge in [0.05, 0.1) is 7.11 Å². The molecule has 1 N–H and O–H groups in total. The summed E-state index contributed by atoms with van der Waals surface area (Å²) in [6.45, 7) is 4.03.